The molecule has 0 bridgehead atoms. The molecule has 1 N–H and O–H groups in total. The van der Waals surface area contributed by atoms with E-state index in [0.29, 0.717) is 16.3 Å². The largest absolute Gasteiger partial charge is 0.482 e. The lowest BCUT2D eigenvalue weighted by atomic mass is 10.1. The van der Waals surface area contributed by atoms with Crippen LogP contribution >= 0.6 is 11.6 Å². The van der Waals surface area contributed by atoms with Gasteiger partial charge in [-0.15, -0.1) is 0 Å². The molecule has 0 spiro atoms. The van der Waals surface area contributed by atoms with E-state index in [1.807, 2.05) is 31.2 Å². The van der Waals surface area contributed by atoms with Gasteiger partial charge in [-0.25, -0.2) is 0 Å². The predicted molar refractivity (Wildman–Crippen MR) is 94.0 cm³/mol. The first kappa shape index (κ1) is 17.8. The van der Waals surface area contributed by atoms with E-state index in [-0.39, 0.29) is 18.6 Å². The number of halogens is 1. The van der Waals surface area contributed by atoms with Crippen molar-refractivity contribution in [3.8, 4) is 11.8 Å². The van der Waals surface area contributed by atoms with Crippen LogP contribution in [0.1, 0.15) is 24.5 Å². The lowest BCUT2D eigenvalue weighted by molar-refractivity contribution is -0.123. The highest BCUT2D eigenvalue weighted by Gasteiger charge is 2.10. The highest BCUT2D eigenvalue weighted by atomic mass is 35.5. The highest BCUT2D eigenvalue weighted by molar-refractivity contribution is 6.32. The second-order valence-electron chi connectivity index (χ2n) is 5.54. The molecule has 5 heteroatoms. The maximum atomic E-state index is 11.9. The van der Waals surface area contributed by atoms with Crippen molar-refractivity contribution in [2.45, 2.75) is 25.8 Å². The summed E-state index contributed by atoms with van der Waals surface area (Å²) < 4.78 is 5.41. The summed E-state index contributed by atoms with van der Waals surface area (Å²) >= 11 is 6.01. The summed E-state index contributed by atoms with van der Waals surface area (Å²) in [6, 6.07) is 16.9. The Morgan fingerprint density at radius 1 is 1.29 bits per heavy atom. The molecule has 0 fully saturated rings. The van der Waals surface area contributed by atoms with Crippen molar-refractivity contribution in [1.29, 1.82) is 5.26 Å². The van der Waals surface area contributed by atoms with E-state index in [9.17, 15) is 4.79 Å². The zero-order valence-corrected chi connectivity index (χ0v) is 14.2. The second-order valence-corrected chi connectivity index (χ2v) is 5.95. The van der Waals surface area contributed by atoms with E-state index >= 15 is 0 Å². The fraction of sp³-hybridized carbons (Fsp3) is 0.263. The molecule has 24 heavy (non-hydrogen) atoms. The smallest absolute Gasteiger partial charge is 0.258 e. The second kappa shape index (κ2) is 8.95. The third-order valence-electron chi connectivity index (χ3n) is 3.54. The van der Waals surface area contributed by atoms with Crippen LogP contribution in [0.3, 0.4) is 0 Å². The molecule has 0 heterocycles. The molecular weight excluding hydrogens is 324 g/mol. The molecule has 0 unspecified atom stereocenters. The molecular formula is C19H19ClN2O2. The third kappa shape index (κ3) is 5.60. The van der Waals surface area contributed by atoms with Gasteiger partial charge in [0.25, 0.3) is 5.91 Å². The van der Waals surface area contributed by atoms with Crippen molar-refractivity contribution in [1.82, 2.24) is 5.32 Å². The van der Waals surface area contributed by atoms with Gasteiger partial charge in [-0.2, -0.15) is 5.26 Å². The average molecular weight is 343 g/mol. The van der Waals surface area contributed by atoms with Crippen LogP contribution in [0.15, 0.2) is 48.5 Å². The lowest BCUT2D eigenvalue weighted by Crippen LogP contribution is -2.36. The number of aryl methyl sites for hydroxylation is 1. The minimum absolute atomic E-state index is 0.0535. The molecule has 0 aliphatic heterocycles. The molecule has 1 atom stereocenters. The van der Waals surface area contributed by atoms with E-state index in [1.165, 1.54) is 11.6 Å². The van der Waals surface area contributed by atoms with Crippen LogP contribution in [0.2, 0.25) is 5.02 Å². The Balaban J connectivity index is 1.75. The van der Waals surface area contributed by atoms with E-state index in [2.05, 4.69) is 17.4 Å². The quantitative estimate of drug-likeness (QED) is 0.834. The van der Waals surface area contributed by atoms with Gasteiger partial charge in [0.15, 0.2) is 6.61 Å². The molecule has 0 saturated carbocycles. The monoisotopic (exact) mass is 342 g/mol. The van der Waals surface area contributed by atoms with E-state index < -0.39 is 0 Å². The lowest BCUT2D eigenvalue weighted by Gasteiger charge is -2.14. The van der Waals surface area contributed by atoms with E-state index in [0.717, 1.165) is 12.8 Å². The molecule has 2 rings (SSSR count). The van der Waals surface area contributed by atoms with Crippen molar-refractivity contribution in [3.63, 3.8) is 0 Å². The number of hydrogen-bond donors (Lipinski definition) is 1. The van der Waals surface area contributed by atoms with Crippen LogP contribution in [0.5, 0.6) is 5.75 Å². The number of ether oxygens (including phenoxy) is 1. The number of carbonyl (C=O) groups excluding carboxylic acids is 1. The molecule has 2 aromatic carbocycles. The number of nitrogens with one attached hydrogen (secondary N) is 1. The van der Waals surface area contributed by atoms with Crippen LogP contribution in [0, 0.1) is 11.3 Å². The number of amides is 1. The van der Waals surface area contributed by atoms with Crippen LogP contribution in [0.4, 0.5) is 0 Å². The summed E-state index contributed by atoms with van der Waals surface area (Å²) in [5, 5.41) is 12.0. The number of benzene rings is 2. The normalized spacial score (nSPS) is 11.4. The van der Waals surface area contributed by atoms with Crippen LogP contribution in [0.25, 0.3) is 0 Å². The number of nitriles is 1. The van der Waals surface area contributed by atoms with E-state index in [1.54, 1.807) is 12.1 Å². The van der Waals surface area contributed by atoms with Crippen molar-refractivity contribution in [2.75, 3.05) is 6.61 Å². The average Bonchev–Trinajstić information content (AvgIpc) is 2.59. The topological polar surface area (TPSA) is 62.1 Å². The Morgan fingerprint density at radius 3 is 2.71 bits per heavy atom. The van der Waals surface area contributed by atoms with Gasteiger partial charge < -0.3 is 10.1 Å². The highest BCUT2D eigenvalue weighted by Crippen LogP contribution is 2.25. The first-order valence-corrected chi connectivity index (χ1v) is 8.12. The Hall–Kier alpha value is -2.51. The molecule has 0 aromatic heterocycles. The van der Waals surface area contributed by atoms with Gasteiger partial charge in [-0.05, 0) is 43.5 Å². The first-order valence-electron chi connectivity index (χ1n) is 7.74. The Morgan fingerprint density at radius 2 is 2.04 bits per heavy atom. The van der Waals surface area contributed by atoms with Crippen molar-refractivity contribution < 1.29 is 9.53 Å². The van der Waals surface area contributed by atoms with Gasteiger partial charge in [-0.1, -0.05) is 41.9 Å². The summed E-state index contributed by atoms with van der Waals surface area (Å²) in [6.45, 7) is 1.86. The SMILES string of the molecule is C[C@H](CCc1ccccc1)NC(=O)COc1ccc(C#N)cc1Cl. The number of rotatable bonds is 7. The molecule has 1 amide bonds. The standard InChI is InChI=1S/C19H19ClN2O2/c1-14(7-8-15-5-3-2-4-6-15)22-19(23)13-24-18-10-9-16(12-21)11-17(18)20/h2-6,9-11,14H,7-8,13H2,1H3,(H,22,23)/t14-/m1/s1. The Bertz CT molecular complexity index is 726. The van der Waals surface area contributed by atoms with Gasteiger partial charge in [0.1, 0.15) is 5.75 Å². The van der Waals surface area contributed by atoms with Crippen molar-refractivity contribution in [2.24, 2.45) is 0 Å². The van der Waals surface area contributed by atoms with E-state index in [4.69, 9.17) is 21.6 Å². The van der Waals surface area contributed by atoms with Crippen molar-refractivity contribution in [3.05, 3.63) is 64.7 Å². The van der Waals surface area contributed by atoms with Gasteiger partial charge in [-0.3, -0.25) is 4.79 Å². The Kier molecular flexibility index (Phi) is 6.65. The van der Waals surface area contributed by atoms with Gasteiger partial charge >= 0.3 is 0 Å². The van der Waals surface area contributed by atoms with Gasteiger partial charge in [0.05, 0.1) is 16.7 Å². The minimum Gasteiger partial charge on any atom is -0.482 e. The zero-order chi connectivity index (χ0) is 17.4. The zero-order valence-electron chi connectivity index (χ0n) is 13.5. The summed E-state index contributed by atoms with van der Waals surface area (Å²) in [5.41, 5.74) is 1.70. The molecule has 0 saturated heterocycles. The van der Waals surface area contributed by atoms with Crippen LogP contribution in [-0.4, -0.2) is 18.6 Å². The van der Waals surface area contributed by atoms with Gasteiger partial charge in [0, 0.05) is 6.04 Å². The summed E-state index contributed by atoms with van der Waals surface area (Å²) in [6.07, 6.45) is 1.76. The molecule has 0 radical (unpaired) electrons. The molecule has 4 nitrogen and oxygen atoms in total. The molecule has 0 aliphatic carbocycles. The number of carbonyl (C=O) groups is 1. The molecule has 124 valence electrons. The van der Waals surface area contributed by atoms with Crippen LogP contribution in [-0.2, 0) is 11.2 Å². The van der Waals surface area contributed by atoms with Crippen LogP contribution < -0.4 is 10.1 Å². The fourth-order valence-electron chi connectivity index (χ4n) is 2.25. The minimum atomic E-state index is -0.198. The maximum Gasteiger partial charge on any atom is 0.258 e. The first-order chi connectivity index (χ1) is 11.6. The predicted octanol–water partition coefficient (Wildman–Crippen LogP) is 3.73. The van der Waals surface area contributed by atoms with Gasteiger partial charge in [0.2, 0.25) is 0 Å². The number of nitrogens with zero attached hydrogens (tertiary/aromatic N) is 1. The molecule has 0 aliphatic rings. The Labute approximate surface area is 147 Å². The fourth-order valence-corrected chi connectivity index (χ4v) is 2.48. The summed E-state index contributed by atoms with van der Waals surface area (Å²) in [5.74, 6) is 0.193. The van der Waals surface area contributed by atoms with Crippen molar-refractivity contribution >= 4 is 17.5 Å². The maximum absolute atomic E-state index is 11.9. The molecule has 2 aromatic rings. The third-order valence-corrected chi connectivity index (χ3v) is 3.83. The number of hydrogen-bond acceptors (Lipinski definition) is 3. The summed E-state index contributed by atoms with van der Waals surface area (Å²) in [7, 11) is 0. The summed E-state index contributed by atoms with van der Waals surface area (Å²) in [4.78, 5) is 11.9.